The second-order valence-corrected chi connectivity index (χ2v) is 7.43. The topological polar surface area (TPSA) is 80.2 Å². The molecule has 2 aromatic rings. The number of aromatic nitrogens is 1. The molecule has 1 aliphatic heterocycles. The van der Waals surface area contributed by atoms with Gasteiger partial charge >= 0.3 is 0 Å². The number of hydrogen-bond donors (Lipinski definition) is 2. The summed E-state index contributed by atoms with van der Waals surface area (Å²) in [6, 6.07) is 10.2. The molecule has 0 aliphatic carbocycles. The van der Waals surface area contributed by atoms with Crippen LogP contribution in [0.5, 0.6) is 17.4 Å². The standard InChI is InChI=1S/C23H33N5O3.HI/c1-5-10-31-22-7-6-17(14-25-22)15-26-23(24-2)27-18-8-9-28(16-18)19-11-20(29-3)13-21(12-19)30-4;/h6-7,11-14,18H,5,8-10,15-16H2,1-4H3,(H2,24,26,27);1H. The van der Waals surface area contributed by atoms with E-state index in [9.17, 15) is 0 Å². The highest BCUT2D eigenvalue weighted by Crippen LogP contribution is 2.30. The number of methoxy groups -OCH3 is 2. The van der Waals surface area contributed by atoms with E-state index in [1.54, 1.807) is 21.3 Å². The van der Waals surface area contributed by atoms with Crippen molar-refractivity contribution in [3.8, 4) is 17.4 Å². The molecule has 8 nitrogen and oxygen atoms in total. The molecule has 1 unspecified atom stereocenters. The summed E-state index contributed by atoms with van der Waals surface area (Å²) in [5, 5.41) is 6.89. The number of pyridine rings is 1. The molecule has 2 N–H and O–H groups in total. The lowest BCUT2D eigenvalue weighted by molar-refractivity contribution is 0.305. The first-order valence-electron chi connectivity index (χ1n) is 10.7. The summed E-state index contributed by atoms with van der Waals surface area (Å²) in [4.78, 5) is 11.0. The molecule has 0 spiro atoms. The summed E-state index contributed by atoms with van der Waals surface area (Å²) in [5.74, 6) is 3.03. The van der Waals surface area contributed by atoms with E-state index in [4.69, 9.17) is 14.2 Å². The Hall–Kier alpha value is -2.43. The molecule has 1 aromatic heterocycles. The predicted octanol–water partition coefficient (Wildman–Crippen LogP) is 3.45. The number of guanidine groups is 1. The van der Waals surface area contributed by atoms with Crippen LogP contribution in [0.15, 0.2) is 41.5 Å². The quantitative estimate of drug-likeness (QED) is 0.279. The first-order valence-corrected chi connectivity index (χ1v) is 10.7. The van der Waals surface area contributed by atoms with Crippen molar-refractivity contribution >= 4 is 35.6 Å². The summed E-state index contributed by atoms with van der Waals surface area (Å²) in [7, 11) is 5.13. The third-order valence-corrected chi connectivity index (χ3v) is 5.17. The van der Waals surface area contributed by atoms with Crippen molar-refractivity contribution in [2.45, 2.75) is 32.4 Å². The average molecular weight is 555 g/mol. The molecule has 9 heteroatoms. The molecule has 0 radical (unpaired) electrons. The number of hydrogen-bond acceptors (Lipinski definition) is 6. The van der Waals surface area contributed by atoms with Crippen LogP contribution in [0.1, 0.15) is 25.3 Å². The van der Waals surface area contributed by atoms with Crippen LogP contribution in [-0.4, -0.2) is 57.9 Å². The SMILES string of the molecule is CCCOc1ccc(CNC(=NC)NC2CCN(c3cc(OC)cc(OC)c3)C2)cn1.I. The molecule has 2 heterocycles. The highest BCUT2D eigenvalue weighted by molar-refractivity contribution is 14.0. The maximum absolute atomic E-state index is 5.53. The molecule has 0 bridgehead atoms. The van der Waals surface area contributed by atoms with Crippen LogP contribution in [0.25, 0.3) is 0 Å². The summed E-state index contributed by atoms with van der Waals surface area (Å²) in [5.41, 5.74) is 2.17. The maximum Gasteiger partial charge on any atom is 0.213 e. The van der Waals surface area contributed by atoms with Gasteiger partial charge in [0.1, 0.15) is 11.5 Å². The average Bonchev–Trinajstić information content (AvgIpc) is 3.29. The molecule has 1 atom stereocenters. The smallest absolute Gasteiger partial charge is 0.213 e. The molecule has 0 amide bonds. The van der Waals surface area contributed by atoms with Gasteiger partial charge in [-0.25, -0.2) is 4.98 Å². The minimum atomic E-state index is 0. The number of rotatable bonds is 9. The van der Waals surface area contributed by atoms with E-state index in [0.29, 0.717) is 25.1 Å². The van der Waals surface area contributed by atoms with Gasteiger partial charge in [0.05, 0.1) is 20.8 Å². The molecule has 176 valence electrons. The van der Waals surface area contributed by atoms with E-state index >= 15 is 0 Å². The third kappa shape index (κ3) is 7.32. The van der Waals surface area contributed by atoms with Crippen LogP contribution in [0.4, 0.5) is 5.69 Å². The molecule has 1 fully saturated rings. The van der Waals surface area contributed by atoms with Crippen molar-refractivity contribution in [3.63, 3.8) is 0 Å². The number of nitrogens with one attached hydrogen (secondary N) is 2. The fraction of sp³-hybridized carbons (Fsp3) is 0.478. The van der Waals surface area contributed by atoms with Crippen molar-refractivity contribution in [3.05, 3.63) is 42.1 Å². The molecular formula is C23H34IN5O3. The summed E-state index contributed by atoms with van der Waals surface area (Å²) in [6.45, 7) is 5.23. The zero-order chi connectivity index (χ0) is 22.1. The third-order valence-electron chi connectivity index (χ3n) is 5.17. The molecule has 1 aliphatic rings. The molecule has 32 heavy (non-hydrogen) atoms. The Morgan fingerprint density at radius 1 is 1.19 bits per heavy atom. The first-order chi connectivity index (χ1) is 15.1. The molecule has 0 saturated carbocycles. The van der Waals surface area contributed by atoms with Gasteiger partial charge in [0.2, 0.25) is 5.88 Å². The number of anilines is 1. The highest BCUT2D eigenvalue weighted by atomic mass is 127. The Kier molecular flexibility index (Phi) is 10.6. The van der Waals surface area contributed by atoms with E-state index in [1.807, 2.05) is 36.5 Å². The molecule has 1 aromatic carbocycles. The van der Waals surface area contributed by atoms with Gasteiger partial charge in [-0.2, -0.15) is 0 Å². The van der Waals surface area contributed by atoms with Crippen LogP contribution in [0.2, 0.25) is 0 Å². The summed E-state index contributed by atoms with van der Waals surface area (Å²) in [6.07, 6.45) is 3.82. The van der Waals surface area contributed by atoms with Crippen molar-refractivity contribution in [2.24, 2.45) is 4.99 Å². The second-order valence-electron chi connectivity index (χ2n) is 7.43. The van der Waals surface area contributed by atoms with Crippen molar-refractivity contribution in [1.29, 1.82) is 0 Å². The zero-order valence-electron chi connectivity index (χ0n) is 19.3. The molecular weight excluding hydrogens is 521 g/mol. The fourth-order valence-corrected chi connectivity index (χ4v) is 3.47. The highest BCUT2D eigenvalue weighted by Gasteiger charge is 2.24. The lowest BCUT2D eigenvalue weighted by atomic mass is 10.2. The predicted molar refractivity (Wildman–Crippen MR) is 139 cm³/mol. The van der Waals surface area contributed by atoms with Gasteiger partial charge in [-0.3, -0.25) is 4.99 Å². The Morgan fingerprint density at radius 2 is 1.94 bits per heavy atom. The summed E-state index contributed by atoms with van der Waals surface area (Å²) >= 11 is 0. The Bertz CT molecular complexity index is 841. The minimum Gasteiger partial charge on any atom is -0.497 e. The number of aliphatic imine (C=N–C) groups is 1. The van der Waals surface area contributed by atoms with Gasteiger partial charge in [-0.1, -0.05) is 13.0 Å². The Morgan fingerprint density at radius 3 is 2.53 bits per heavy atom. The van der Waals surface area contributed by atoms with Crippen molar-refractivity contribution < 1.29 is 14.2 Å². The zero-order valence-corrected chi connectivity index (χ0v) is 21.6. The fourth-order valence-electron chi connectivity index (χ4n) is 3.47. The second kappa shape index (κ2) is 13.2. The normalized spacial score (nSPS) is 15.7. The maximum atomic E-state index is 5.53. The van der Waals surface area contributed by atoms with Gasteiger partial charge in [0.15, 0.2) is 5.96 Å². The van der Waals surface area contributed by atoms with E-state index in [2.05, 4.69) is 32.4 Å². The van der Waals surface area contributed by atoms with Gasteiger partial charge < -0.3 is 29.7 Å². The van der Waals surface area contributed by atoms with Gasteiger partial charge in [-0.15, -0.1) is 24.0 Å². The van der Waals surface area contributed by atoms with Crippen LogP contribution in [0, 0.1) is 0 Å². The first kappa shape index (κ1) is 25.8. The number of nitrogens with zero attached hydrogens (tertiary/aromatic N) is 3. The monoisotopic (exact) mass is 555 g/mol. The van der Waals surface area contributed by atoms with E-state index in [1.165, 1.54) is 0 Å². The van der Waals surface area contributed by atoms with Crippen LogP contribution in [-0.2, 0) is 6.54 Å². The van der Waals surface area contributed by atoms with E-state index in [0.717, 1.165) is 54.6 Å². The number of halogens is 1. The molecule has 3 rings (SSSR count). The minimum absolute atomic E-state index is 0. The lowest BCUT2D eigenvalue weighted by Gasteiger charge is -2.21. The van der Waals surface area contributed by atoms with Crippen molar-refractivity contribution in [2.75, 3.05) is 45.9 Å². The lowest BCUT2D eigenvalue weighted by Crippen LogP contribution is -2.44. The van der Waals surface area contributed by atoms with E-state index in [-0.39, 0.29) is 24.0 Å². The summed E-state index contributed by atoms with van der Waals surface area (Å²) < 4.78 is 16.3. The Balaban J connectivity index is 0.00000363. The van der Waals surface area contributed by atoms with Crippen LogP contribution >= 0.6 is 24.0 Å². The molecule has 1 saturated heterocycles. The van der Waals surface area contributed by atoms with Crippen molar-refractivity contribution in [1.82, 2.24) is 15.6 Å². The van der Waals surface area contributed by atoms with Gasteiger partial charge in [0, 0.05) is 68.9 Å². The largest absolute Gasteiger partial charge is 0.497 e. The number of ether oxygens (including phenoxy) is 3. The van der Waals surface area contributed by atoms with Crippen LogP contribution < -0.4 is 29.7 Å². The van der Waals surface area contributed by atoms with Crippen LogP contribution in [0.3, 0.4) is 0 Å². The Labute approximate surface area is 207 Å². The van der Waals surface area contributed by atoms with Gasteiger partial charge in [-0.05, 0) is 18.4 Å². The van der Waals surface area contributed by atoms with Gasteiger partial charge in [0.25, 0.3) is 0 Å². The number of benzene rings is 1. The van der Waals surface area contributed by atoms with E-state index < -0.39 is 0 Å².